The van der Waals surface area contributed by atoms with E-state index in [1.807, 2.05) is 36.0 Å². The third-order valence-electron chi connectivity index (χ3n) is 5.50. The van der Waals surface area contributed by atoms with Gasteiger partial charge in [-0.15, -0.1) is 0 Å². The number of nitrogens with one attached hydrogen (secondary N) is 1. The van der Waals surface area contributed by atoms with Gasteiger partial charge in [0.05, 0.1) is 24.8 Å². The van der Waals surface area contributed by atoms with Crippen molar-refractivity contribution in [2.45, 2.75) is 11.8 Å². The summed E-state index contributed by atoms with van der Waals surface area (Å²) in [7, 11) is 1.19. The van der Waals surface area contributed by atoms with E-state index in [0.717, 1.165) is 11.3 Å². The summed E-state index contributed by atoms with van der Waals surface area (Å²) < 4.78 is 45.3. The number of benzene rings is 2. The Morgan fingerprint density at radius 3 is 2.36 bits per heavy atom. The van der Waals surface area contributed by atoms with E-state index in [0.29, 0.717) is 28.4 Å². The lowest BCUT2D eigenvalue weighted by Gasteiger charge is -2.14. The highest BCUT2D eigenvalue weighted by Crippen LogP contribution is 2.36. The van der Waals surface area contributed by atoms with Crippen molar-refractivity contribution in [2.75, 3.05) is 18.9 Å². The minimum absolute atomic E-state index is 0.00674. The maximum atomic E-state index is 12.8. The number of hydrogen-bond acceptors (Lipinski definition) is 7. The predicted octanol–water partition coefficient (Wildman–Crippen LogP) is 4.70. The monoisotopic (exact) mass is 507 g/mol. The number of ketones is 1. The van der Waals surface area contributed by atoms with Crippen molar-refractivity contribution < 1.29 is 27.2 Å². The minimum atomic E-state index is -3.88. The van der Waals surface area contributed by atoms with Crippen LogP contribution in [0.5, 0.6) is 11.5 Å². The zero-order valence-corrected chi connectivity index (χ0v) is 21.0. The first kappa shape index (κ1) is 24.8. The fourth-order valence-corrected chi connectivity index (χ4v) is 4.65. The van der Waals surface area contributed by atoms with Gasteiger partial charge in [-0.1, -0.05) is 5.16 Å². The van der Waals surface area contributed by atoms with Gasteiger partial charge in [0.25, 0.3) is 10.0 Å². The number of aromatic nitrogens is 2. The molecule has 9 nitrogen and oxygen atoms in total. The molecular formula is C26H25N3O6S. The van der Waals surface area contributed by atoms with Crippen LogP contribution in [0.15, 0.2) is 76.3 Å². The molecule has 0 bridgehead atoms. The maximum absolute atomic E-state index is 12.8. The number of hydrogen-bond donors (Lipinski definition) is 1. The van der Waals surface area contributed by atoms with Gasteiger partial charge in [-0.25, -0.2) is 8.42 Å². The summed E-state index contributed by atoms with van der Waals surface area (Å²) in [6.07, 6.45) is 5.01. The highest BCUT2D eigenvalue weighted by molar-refractivity contribution is 7.92. The van der Waals surface area contributed by atoms with Gasteiger partial charge < -0.3 is 18.6 Å². The standard InChI is InChI=1S/C26H25N3O6S/c1-17-14-26(27-35-17)28-36(31,32)20-10-7-18(8-11-20)23(30)12-9-19-15-21(22-6-5-13-29(22)2)25(34-4)16-24(19)33-3/h5-16H,1-4H3,(H,27,28). The molecule has 0 radical (unpaired) electrons. The second kappa shape index (κ2) is 10.1. The van der Waals surface area contributed by atoms with Crippen LogP contribution in [0.3, 0.4) is 0 Å². The fourth-order valence-electron chi connectivity index (χ4n) is 3.67. The van der Waals surface area contributed by atoms with Crippen molar-refractivity contribution >= 4 is 27.7 Å². The van der Waals surface area contributed by atoms with E-state index in [-0.39, 0.29) is 16.5 Å². The summed E-state index contributed by atoms with van der Waals surface area (Å²) in [5, 5.41) is 3.63. The van der Waals surface area contributed by atoms with Crippen molar-refractivity contribution in [3.05, 3.63) is 83.8 Å². The minimum Gasteiger partial charge on any atom is -0.496 e. The van der Waals surface area contributed by atoms with Gasteiger partial charge in [-0.2, -0.15) is 0 Å². The molecule has 36 heavy (non-hydrogen) atoms. The number of carbonyl (C=O) groups is 1. The Balaban J connectivity index is 1.57. The zero-order chi connectivity index (χ0) is 25.9. The van der Waals surface area contributed by atoms with Crippen molar-refractivity contribution in [1.29, 1.82) is 0 Å². The molecule has 2 aromatic heterocycles. The third kappa shape index (κ3) is 5.18. The molecule has 1 N–H and O–H groups in total. The number of sulfonamides is 1. The molecule has 4 rings (SSSR count). The molecule has 2 aromatic carbocycles. The Hall–Kier alpha value is -4.31. The van der Waals surface area contributed by atoms with Crippen LogP contribution in [0.25, 0.3) is 17.3 Å². The SMILES string of the molecule is COc1cc(OC)c(-c2cccn2C)cc1C=CC(=O)c1ccc(S(=O)(=O)Nc2cc(C)on2)cc1. The van der Waals surface area contributed by atoms with E-state index in [1.165, 1.54) is 36.4 Å². The molecule has 186 valence electrons. The second-order valence-corrected chi connectivity index (χ2v) is 9.63. The van der Waals surface area contributed by atoms with Gasteiger partial charge in [-0.3, -0.25) is 9.52 Å². The van der Waals surface area contributed by atoms with Crippen molar-refractivity contribution in [3.63, 3.8) is 0 Å². The van der Waals surface area contributed by atoms with Crippen LogP contribution in [0.1, 0.15) is 21.7 Å². The molecule has 0 fully saturated rings. The lowest BCUT2D eigenvalue weighted by Crippen LogP contribution is -2.13. The lowest BCUT2D eigenvalue weighted by atomic mass is 10.0. The van der Waals surface area contributed by atoms with Crippen LogP contribution in [-0.2, 0) is 17.1 Å². The summed E-state index contributed by atoms with van der Waals surface area (Å²) in [5.74, 6) is 1.45. The van der Waals surface area contributed by atoms with Crippen molar-refractivity contribution in [1.82, 2.24) is 9.72 Å². The van der Waals surface area contributed by atoms with E-state index < -0.39 is 10.0 Å². The van der Waals surface area contributed by atoms with Gasteiger partial charge >= 0.3 is 0 Å². The van der Waals surface area contributed by atoms with Crippen LogP contribution in [0, 0.1) is 6.92 Å². The first-order valence-corrected chi connectivity index (χ1v) is 12.4. The molecular weight excluding hydrogens is 482 g/mol. The molecule has 0 saturated carbocycles. The van der Waals surface area contributed by atoms with Gasteiger partial charge in [0, 0.05) is 42.1 Å². The number of methoxy groups -OCH3 is 2. The Kier molecular flexibility index (Phi) is 6.98. The summed E-state index contributed by atoms with van der Waals surface area (Å²) >= 11 is 0. The highest BCUT2D eigenvalue weighted by atomic mass is 32.2. The summed E-state index contributed by atoms with van der Waals surface area (Å²) in [4.78, 5) is 12.8. The van der Waals surface area contributed by atoms with Crippen molar-refractivity contribution in [2.24, 2.45) is 7.05 Å². The largest absolute Gasteiger partial charge is 0.496 e. The van der Waals surface area contributed by atoms with E-state index >= 15 is 0 Å². The second-order valence-electron chi connectivity index (χ2n) is 7.95. The van der Waals surface area contributed by atoms with E-state index in [9.17, 15) is 13.2 Å². The molecule has 0 amide bonds. The number of aryl methyl sites for hydroxylation is 2. The van der Waals surface area contributed by atoms with Gasteiger partial charge in [0.15, 0.2) is 11.6 Å². The Bertz CT molecular complexity index is 1530. The number of allylic oxidation sites excluding steroid dienone is 1. The predicted molar refractivity (Wildman–Crippen MR) is 136 cm³/mol. The zero-order valence-electron chi connectivity index (χ0n) is 20.2. The Labute approximate surface area is 209 Å². The maximum Gasteiger partial charge on any atom is 0.263 e. The summed E-state index contributed by atoms with van der Waals surface area (Å²) in [6, 6.07) is 14.7. The number of rotatable bonds is 9. The quantitative estimate of drug-likeness (QED) is 0.258. The summed E-state index contributed by atoms with van der Waals surface area (Å²) in [6.45, 7) is 1.66. The van der Waals surface area contributed by atoms with Gasteiger partial charge in [-0.05, 0) is 61.5 Å². The van der Waals surface area contributed by atoms with Crippen LogP contribution in [-0.4, -0.2) is 38.1 Å². The topological polar surface area (TPSA) is 113 Å². The summed E-state index contributed by atoms with van der Waals surface area (Å²) in [5.41, 5.74) is 2.82. The molecule has 4 aromatic rings. The van der Waals surface area contributed by atoms with Crippen LogP contribution < -0.4 is 14.2 Å². The molecule has 10 heteroatoms. The molecule has 0 aliphatic heterocycles. The fraction of sp³-hybridized carbons (Fsp3) is 0.154. The number of anilines is 1. The average molecular weight is 508 g/mol. The number of nitrogens with zero attached hydrogens (tertiary/aromatic N) is 2. The smallest absolute Gasteiger partial charge is 0.263 e. The van der Waals surface area contributed by atoms with E-state index in [4.69, 9.17) is 14.0 Å². The normalized spacial score (nSPS) is 11.6. The molecule has 0 aliphatic carbocycles. The average Bonchev–Trinajstić information content (AvgIpc) is 3.48. The Morgan fingerprint density at radius 2 is 1.78 bits per heavy atom. The molecule has 0 unspecified atom stereocenters. The molecule has 0 atom stereocenters. The van der Waals surface area contributed by atoms with E-state index in [2.05, 4.69) is 9.88 Å². The first-order valence-electron chi connectivity index (χ1n) is 10.9. The van der Waals surface area contributed by atoms with E-state index in [1.54, 1.807) is 33.3 Å². The van der Waals surface area contributed by atoms with Crippen molar-refractivity contribution in [3.8, 4) is 22.8 Å². The molecule has 0 saturated heterocycles. The number of ether oxygens (including phenoxy) is 2. The van der Waals surface area contributed by atoms with Gasteiger partial charge in [0.1, 0.15) is 17.3 Å². The van der Waals surface area contributed by atoms with Crippen LogP contribution in [0.2, 0.25) is 0 Å². The molecule has 0 aliphatic rings. The third-order valence-corrected chi connectivity index (χ3v) is 6.87. The first-order chi connectivity index (χ1) is 17.2. The van der Waals surface area contributed by atoms with Crippen LogP contribution >= 0.6 is 0 Å². The lowest BCUT2D eigenvalue weighted by molar-refractivity contribution is 0.104. The van der Waals surface area contributed by atoms with Crippen LogP contribution in [0.4, 0.5) is 5.82 Å². The number of carbonyl (C=O) groups excluding carboxylic acids is 1. The molecule has 0 spiro atoms. The molecule has 2 heterocycles. The van der Waals surface area contributed by atoms with Gasteiger partial charge in [0.2, 0.25) is 0 Å². The highest BCUT2D eigenvalue weighted by Gasteiger charge is 2.17. The Morgan fingerprint density at radius 1 is 1.06 bits per heavy atom.